The summed E-state index contributed by atoms with van der Waals surface area (Å²) in [5, 5.41) is 12.3. The molecular formula is C10H20ClN3O3. The Balaban J connectivity index is 0.00000256. The van der Waals surface area contributed by atoms with Crippen LogP contribution in [0.25, 0.3) is 0 Å². The number of carbonyl (C=O) groups excluding carboxylic acids is 2. The Morgan fingerprint density at radius 1 is 1.41 bits per heavy atom. The van der Waals surface area contributed by atoms with E-state index in [0.29, 0.717) is 6.54 Å². The molecule has 1 saturated heterocycles. The minimum atomic E-state index is -0.859. The summed E-state index contributed by atoms with van der Waals surface area (Å²) >= 11 is 0. The van der Waals surface area contributed by atoms with Crippen LogP contribution in [0.15, 0.2) is 0 Å². The highest BCUT2D eigenvalue weighted by molar-refractivity contribution is 6.06. The molecule has 3 N–H and O–H groups in total. The van der Waals surface area contributed by atoms with E-state index in [1.54, 1.807) is 13.8 Å². The molecule has 100 valence electrons. The van der Waals surface area contributed by atoms with Crippen LogP contribution >= 0.6 is 0 Å². The predicted molar refractivity (Wildman–Crippen MR) is 58.0 cm³/mol. The van der Waals surface area contributed by atoms with Gasteiger partial charge in [0.1, 0.15) is 18.2 Å². The van der Waals surface area contributed by atoms with Crippen LogP contribution in [0.1, 0.15) is 13.8 Å². The second-order valence-electron chi connectivity index (χ2n) is 5.04. The van der Waals surface area contributed by atoms with Gasteiger partial charge in [0.2, 0.25) is 0 Å². The largest absolute Gasteiger partial charge is 1.00 e. The Labute approximate surface area is 107 Å². The van der Waals surface area contributed by atoms with Crippen LogP contribution in [-0.2, 0) is 4.79 Å². The molecule has 1 aliphatic rings. The van der Waals surface area contributed by atoms with Crippen molar-refractivity contribution >= 4 is 11.9 Å². The molecule has 1 rings (SSSR count). The highest BCUT2D eigenvalue weighted by atomic mass is 35.5. The molecule has 0 aromatic rings. The van der Waals surface area contributed by atoms with E-state index in [0.717, 1.165) is 9.80 Å². The standard InChI is InChI=1S/C10H19N3O3.ClH/c1-10(2)8(15)13(9(16)11-10)6-7(14)5-12(3)4;/h7,14H,5-6H2,1-4H3,(H,11,16);1H. The van der Waals surface area contributed by atoms with Gasteiger partial charge in [0.25, 0.3) is 5.91 Å². The van der Waals surface area contributed by atoms with E-state index in [-0.39, 0.29) is 24.9 Å². The number of β-amino-alcohol motifs (C(OH)–C–C–N with tert-alkyl or cyclic N) is 1. The summed E-state index contributed by atoms with van der Waals surface area (Å²) in [4.78, 5) is 25.4. The molecule has 0 saturated carbocycles. The van der Waals surface area contributed by atoms with E-state index in [2.05, 4.69) is 5.32 Å². The molecule has 0 aromatic carbocycles. The predicted octanol–water partition coefficient (Wildman–Crippen LogP) is -5.17. The number of quaternary nitrogens is 1. The monoisotopic (exact) mass is 265 g/mol. The van der Waals surface area contributed by atoms with Crippen LogP contribution in [0.3, 0.4) is 0 Å². The van der Waals surface area contributed by atoms with Crippen LogP contribution in [0.2, 0.25) is 0 Å². The van der Waals surface area contributed by atoms with E-state index >= 15 is 0 Å². The van der Waals surface area contributed by atoms with Gasteiger partial charge in [-0.2, -0.15) is 0 Å². The van der Waals surface area contributed by atoms with Gasteiger partial charge >= 0.3 is 6.03 Å². The highest BCUT2D eigenvalue weighted by Gasteiger charge is 2.44. The molecule has 1 fully saturated rings. The number of hydrogen-bond acceptors (Lipinski definition) is 3. The lowest BCUT2D eigenvalue weighted by molar-refractivity contribution is -0.861. The van der Waals surface area contributed by atoms with Crippen molar-refractivity contribution in [3.8, 4) is 0 Å². The Morgan fingerprint density at radius 2 is 1.94 bits per heavy atom. The third kappa shape index (κ3) is 3.83. The van der Waals surface area contributed by atoms with Crippen LogP contribution in [0, 0.1) is 0 Å². The summed E-state index contributed by atoms with van der Waals surface area (Å²) in [5.74, 6) is -0.287. The number of rotatable bonds is 4. The Hall–Kier alpha value is -0.850. The maximum absolute atomic E-state index is 11.8. The topological polar surface area (TPSA) is 74.1 Å². The number of nitrogens with one attached hydrogen (secondary N) is 2. The van der Waals surface area contributed by atoms with Gasteiger partial charge in [0.05, 0.1) is 20.6 Å². The number of urea groups is 1. The first-order valence-electron chi connectivity index (χ1n) is 5.35. The average Bonchev–Trinajstić information content (AvgIpc) is 2.26. The Kier molecular flexibility index (Phi) is 5.38. The molecular weight excluding hydrogens is 246 g/mol. The van der Waals surface area contributed by atoms with Crippen molar-refractivity contribution in [1.29, 1.82) is 0 Å². The second kappa shape index (κ2) is 5.66. The highest BCUT2D eigenvalue weighted by Crippen LogP contribution is 2.16. The lowest BCUT2D eigenvalue weighted by atomic mass is 10.1. The van der Waals surface area contributed by atoms with Gasteiger partial charge in [0, 0.05) is 0 Å². The maximum Gasteiger partial charge on any atom is 0.325 e. The van der Waals surface area contributed by atoms with Crippen molar-refractivity contribution in [1.82, 2.24) is 10.2 Å². The van der Waals surface area contributed by atoms with E-state index < -0.39 is 17.7 Å². The van der Waals surface area contributed by atoms with Gasteiger partial charge in [-0.05, 0) is 13.8 Å². The van der Waals surface area contributed by atoms with Crippen LogP contribution in [0.4, 0.5) is 4.79 Å². The molecule has 1 unspecified atom stereocenters. The average molecular weight is 266 g/mol. The van der Waals surface area contributed by atoms with Gasteiger partial charge in [0.15, 0.2) is 0 Å². The summed E-state index contributed by atoms with van der Waals surface area (Å²) in [6, 6.07) is -0.428. The number of imide groups is 1. The number of carbonyl (C=O) groups is 2. The first kappa shape index (κ1) is 16.1. The zero-order chi connectivity index (χ0) is 12.5. The lowest BCUT2D eigenvalue weighted by Gasteiger charge is -2.19. The number of nitrogens with zero attached hydrogens (tertiary/aromatic N) is 1. The molecule has 0 aromatic heterocycles. The Bertz CT molecular complexity index is 307. The van der Waals surface area contributed by atoms with Crippen LogP contribution in [-0.4, -0.2) is 60.8 Å². The summed E-state index contributed by atoms with van der Waals surface area (Å²) in [5.41, 5.74) is -0.859. The van der Waals surface area contributed by atoms with Crippen LogP contribution in [0.5, 0.6) is 0 Å². The van der Waals surface area contributed by atoms with Gasteiger partial charge < -0.3 is 27.7 Å². The quantitative estimate of drug-likeness (QED) is 0.445. The van der Waals surface area contributed by atoms with E-state index in [1.165, 1.54) is 0 Å². The molecule has 0 aliphatic carbocycles. The number of halogens is 1. The van der Waals surface area contributed by atoms with Crippen molar-refractivity contribution in [3.05, 3.63) is 0 Å². The number of likely N-dealkylation sites (N-methyl/N-ethyl adjacent to an activating group) is 1. The molecule has 0 bridgehead atoms. The number of aliphatic hydroxyl groups excluding tert-OH is 1. The SMILES string of the molecule is C[NH+](C)CC(O)CN1C(=O)NC(C)(C)C1=O.[Cl-]. The lowest BCUT2D eigenvalue weighted by Crippen LogP contribution is -3.07. The number of hydrogen-bond donors (Lipinski definition) is 3. The van der Waals surface area contributed by atoms with Gasteiger partial charge in [-0.1, -0.05) is 0 Å². The molecule has 0 radical (unpaired) electrons. The number of amides is 3. The van der Waals surface area contributed by atoms with E-state index in [1.807, 2.05) is 14.1 Å². The zero-order valence-corrected chi connectivity index (χ0v) is 11.3. The van der Waals surface area contributed by atoms with Crippen molar-refractivity contribution < 1.29 is 32.0 Å². The fraction of sp³-hybridized carbons (Fsp3) is 0.800. The van der Waals surface area contributed by atoms with E-state index in [4.69, 9.17) is 0 Å². The summed E-state index contributed by atoms with van der Waals surface area (Å²) in [7, 11) is 3.80. The van der Waals surface area contributed by atoms with Gasteiger partial charge in [-0.25, -0.2) is 4.79 Å². The minimum Gasteiger partial charge on any atom is -1.00 e. The molecule has 1 atom stereocenters. The normalized spacial score (nSPS) is 20.2. The zero-order valence-electron chi connectivity index (χ0n) is 10.6. The third-order valence-electron chi connectivity index (χ3n) is 2.48. The Morgan fingerprint density at radius 3 is 2.29 bits per heavy atom. The molecule has 1 aliphatic heterocycles. The van der Waals surface area contributed by atoms with Crippen molar-refractivity contribution in [3.63, 3.8) is 0 Å². The van der Waals surface area contributed by atoms with Crippen molar-refractivity contribution in [2.75, 3.05) is 27.2 Å². The third-order valence-corrected chi connectivity index (χ3v) is 2.48. The molecule has 1 heterocycles. The second-order valence-corrected chi connectivity index (χ2v) is 5.04. The summed E-state index contributed by atoms with van der Waals surface area (Å²) in [6.45, 7) is 3.85. The number of aliphatic hydroxyl groups is 1. The molecule has 6 nitrogen and oxygen atoms in total. The molecule has 0 spiro atoms. The minimum absolute atomic E-state index is 0. The van der Waals surface area contributed by atoms with E-state index in [9.17, 15) is 14.7 Å². The first-order chi connectivity index (χ1) is 7.24. The maximum atomic E-state index is 11.8. The van der Waals surface area contributed by atoms with Crippen molar-refractivity contribution in [2.24, 2.45) is 0 Å². The van der Waals surface area contributed by atoms with Gasteiger partial charge in [-0.3, -0.25) is 9.69 Å². The molecule has 7 heteroatoms. The van der Waals surface area contributed by atoms with Crippen molar-refractivity contribution in [2.45, 2.75) is 25.5 Å². The summed E-state index contributed by atoms with van der Waals surface area (Å²) < 4.78 is 0. The fourth-order valence-corrected chi connectivity index (χ4v) is 1.73. The van der Waals surface area contributed by atoms with Gasteiger partial charge in [-0.15, -0.1) is 0 Å². The fourth-order valence-electron chi connectivity index (χ4n) is 1.73. The summed E-state index contributed by atoms with van der Waals surface area (Å²) in [6.07, 6.45) is -0.686. The molecule has 17 heavy (non-hydrogen) atoms. The molecule has 3 amide bonds. The smallest absolute Gasteiger partial charge is 0.325 e. The van der Waals surface area contributed by atoms with Crippen LogP contribution < -0.4 is 22.6 Å². The first-order valence-corrected chi connectivity index (χ1v) is 5.35.